The van der Waals surface area contributed by atoms with Crippen molar-refractivity contribution in [3.63, 3.8) is 0 Å². The van der Waals surface area contributed by atoms with E-state index in [4.69, 9.17) is 0 Å². The minimum atomic E-state index is -1.07. The van der Waals surface area contributed by atoms with Gasteiger partial charge in [-0.25, -0.2) is 0 Å². The van der Waals surface area contributed by atoms with E-state index in [1.165, 1.54) is 4.90 Å². The van der Waals surface area contributed by atoms with Gasteiger partial charge in [0.15, 0.2) is 0 Å². The molecule has 0 unspecified atom stereocenters. The number of nitrogens with zero attached hydrogens (tertiary/aromatic N) is 3. The number of imide groups is 1. The molecule has 20 heavy (non-hydrogen) atoms. The molecule has 0 bridgehead atoms. The number of amides is 2. The molecule has 0 spiro atoms. The van der Waals surface area contributed by atoms with Crippen LogP contribution in [0.4, 0.5) is 0 Å². The van der Waals surface area contributed by atoms with Gasteiger partial charge in [-0.2, -0.15) is 5.06 Å². The standard InChI is InChI=1S/C14H28N3O3/c1-13(2)12(19)15(14(3,4)16(13)20)11(18)9-8-10-17(5,6)7/h20H,8-10H2,1-7H3/q+1. The van der Waals surface area contributed by atoms with Crippen molar-refractivity contribution in [3.05, 3.63) is 0 Å². The van der Waals surface area contributed by atoms with E-state index in [-0.39, 0.29) is 11.8 Å². The molecule has 0 aromatic heterocycles. The molecular formula is C14H28N3O3+. The van der Waals surface area contributed by atoms with Crippen LogP contribution in [0.1, 0.15) is 40.5 Å². The number of quaternary nitrogens is 1. The largest absolute Gasteiger partial charge is 0.331 e. The molecule has 116 valence electrons. The van der Waals surface area contributed by atoms with Gasteiger partial charge in [-0.15, -0.1) is 0 Å². The van der Waals surface area contributed by atoms with Gasteiger partial charge in [-0.05, 0) is 27.7 Å². The molecule has 0 atom stereocenters. The van der Waals surface area contributed by atoms with Crippen LogP contribution in [0.2, 0.25) is 0 Å². The second-order valence-electron chi connectivity index (χ2n) is 7.52. The average Bonchev–Trinajstić information content (AvgIpc) is 2.36. The summed E-state index contributed by atoms with van der Waals surface area (Å²) in [6.07, 6.45) is 1.03. The topological polar surface area (TPSA) is 60.9 Å². The first-order valence-electron chi connectivity index (χ1n) is 6.99. The van der Waals surface area contributed by atoms with E-state index < -0.39 is 11.2 Å². The molecule has 0 saturated carbocycles. The van der Waals surface area contributed by atoms with Crippen molar-refractivity contribution in [2.75, 3.05) is 27.7 Å². The Morgan fingerprint density at radius 3 is 2.05 bits per heavy atom. The third kappa shape index (κ3) is 3.02. The van der Waals surface area contributed by atoms with E-state index >= 15 is 0 Å². The van der Waals surface area contributed by atoms with Crippen molar-refractivity contribution in [1.82, 2.24) is 9.96 Å². The lowest BCUT2D eigenvalue weighted by molar-refractivity contribution is -0.870. The average molecular weight is 286 g/mol. The maximum Gasteiger partial charge on any atom is 0.253 e. The molecule has 1 heterocycles. The van der Waals surface area contributed by atoms with Crippen LogP contribution in [0.3, 0.4) is 0 Å². The highest BCUT2D eigenvalue weighted by atomic mass is 16.5. The second kappa shape index (κ2) is 5.09. The first-order chi connectivity index (χ1) is 8.82. The summed E-state index contributed by atoms with van der Waals surface area (Å²) in [5.74, 6) is -0.571. The smallest absolute Gasteiger partial charge is 0.253 e. The molecule has 0 aromatic rings. The van der Waals surface area contributed by atoms with Crippen LogP contribution < -0.4 is 0 Å². The van der Waals surface area contributed by atoms with Gasteiger partial charge in [-0.3, -0.25) is 14.5 Å². The number of hydroxylamine groups is 2. The molecule has 1 saturated heterocycles. The minimum absolute atomic E-state index is 0.224. The predicted molar refractivity (Wildman–Crippen MR) is 75.8 cm³/mol. The summed E-state index contributed by atoms with van der Waals surface area (Å²) in [5, 5.41) is 11.1. The number of hydrogen-bond donors (Lipinski definition) is 1. The summed E-state index contributed by atoms with van der Waals surface area (Å²) >= 11 is 0. The van der Waals surface area contributed by atoms with Crippen molar-refractivity contribution in [2.24, 2.45) is 0 Å². The van der Waals surface area contributed by atoms with E-state index in [1.807, 2.05) is 0 Å². The van der Waals surface area contributed by atoms with E-state index in [1.54, 1.807) is 27.7 Å². The zero-order valence-corrected chi connectivity index (χ0v) is 13.7. The zero-order valence-electron chi connectivity index (χ0n) is 13.7. The van der Waals surface area contributed by atoms with Crippen molar-refractivity contribution in [1.29, 1.82) is 0 Å². The van der Waals surface area contributed by atoms with Gasteiger partial charge >= 0.3 is 0 Å². The molecule has 6 heteroatoms. The Morgan fingerprint density at radius 1 is 1.20 bits per heavy atom. The van der Waals surface area contributed by atoms with Crippen molar-refractivity contribution >= 4 is 11.8 Å². The Labute approximate surface area is 121 Å². The van der Waals surface area contributed by atoms with Gasteiger partial charge in [0.2, 0.25) is 5.91 Å². The summed E-state index contributed by atoms with van der Waals surface area (Å²) in [6.45, 7) is 7.46. The van der Waals surface area contributed by atoms with Crippen LogP contribution in [-0.4, -0.2) is 70.4 Å². The number of hydrogen-bond acceptors (Lipinski definition) is 4. The second-order valence-corrected chi connectivity index (χ2v) is 7.52. The molecule has 1 N–H and O–H groups in total. The molecule has 1 aliphatic rings. The quantitative estimate of drug-likeness (QED) is 0.785. The third-order valence-electron chi connectivity index (χ3n) is 3.79. The predicted octanol–water partition coefficient (Wildman–Crippen LogP) is 1.05. The molecule has 0 aromatic carbocycles. The zero-order chi connectivity index (χ0) is 15.9. The molecule has 2 amide bonds. The normalized spacial score (nSPS) is 22.4. The van der Waals surface area contributed by atoms with Crippen molar-refractivity contribution < 1.29 is 19.3 Å². The Hall–Kier alpha value is -0.980. The molecule has 6 nitrogen and oxygen atoms in total. The van der Waals surface area contributed by atoms with Gasteiger partial charge < -0.3 is 9.69 Å². The summed E-state index contributed by atoms with van der Waals surface area (Å²) in [7, 11) is 6.19. The Bertz CT molecular complexity index is 410. The lowest BCUT2D eigenvalue weighted by atomic mass is 10.1. The Balaban J connectivity index is 2.80. The molecule has 1 aliphatic heterocycles. The fourth-order valence-electron chi connectivity index (χ4n) is 2.63. The first-order valence-corrected chi connectivity index (χ1v) is 6.99. The van der Waals surface area contributed by atoms with Crippen molar-refractivity contribution in [3.8, 4) is 0 Å². The fourth-order valence-corrected chi connectivity index (χ4v) is 2.63. The Kier molecular flexibility index (Phi) is 4.35. The lowest BCUT2D eigenvalue weighted by Crippen LogP contribution is -2.51. The monoisotopic (exact) mass is 286 g/mol. The molecular weight excluding hydrogens is 258 g/mol. The SMILES string of the molecule is CC1(C)C(=O)N(C(=O)CCC[N+](C)(C)C)C(C)(C)N1O. The van der Waals surface area contributed by atoms with E-state index in [2.05, 4.69) is 21.1 Å². The molecule has 0 aliphatic carbocycles. The summed E-state index contributed by atoms with van der Waals surface area (Å²) in [4.78, 5) is 25.9. The first kappa shape index (κ1) is 17.1. The van der Waals surface area contributed by atoms with Crippen LogP contribution in [0, 0.1) is 0 Å². The van der Waals surface area contributed by atoms with E-state index in [9.17, 15) is 14.8 Å². The number of carbonyl (C=O) groups is 2. The van der Waals surface area contributed by atoms with Gasteiger partial charge in [-0.1, -0.05) is 0 Å². The highest BCUT2D eigenvalue weighted by Crippen LogP contribution is 2.37. The lowest BCUT2D eigenvalue weighted by Gasteiger charge is -2.34. The third-order valence-corrected chi connectivity index (χ3v) is 3.79. The van der Waals surface area contributed by atoms with Crippen LogP contribution >= 0.6 is 0 Å². The van der Waals surface area contributed by atoms with Crippen LogP contribution in [0.15, 0.2) is 0 Å². The fraction of sp³-hybridized carbons (Fsp3) is 0.857. The van der Waals surface area contributed by atoms with Gasteiger partial charge in [0.25, 0.3) is 5.91 Å². The number of rotatable bonds is 4. The van der Waals surface area contributed by atoms with E-state index in [0.717, 1.165) is 16.1 Å². The summed E-state index contributed by atoms with van der Waals surface area (Å²) in [5.41, 5.74) is -2.08. The van der Waals surface area contributed by atoms with Gasteiger partial charge in [0, 0.05) is 12.8 Å². The van der Waals surface area contributed by atoms with Gasteiger partial charge in [0.05, 0.1) is 27.7 Å². The van der Waals surface area contributed by atoms with E-state index in [0.29, 0.717) is 12.8 Å². The van der Waals surface area contributed by atoms with Crippen LogP contribution in [0.25, 0.3) is 0 Å². The highest BCUT2D eigenvalue weighted by molar-refractivity contribution is 6.02. The van der Waals surface area contributed by atoms with Crippen LogP contribution in [0.5, 0.6) is 0 Å². The maximum absolute atomic E-state index is 12.4. The summed E-state index contributed by atoms with van der Waals surface area (Å²) in [6, 6.07) is 0. The molecule has 1 rings (SSSR count). The summed E-state index contributed by atoms with van der Waals surface area (Å²) < 4.78 is 0.780. The maximum atomic E-state index is 12.4. The van der Waals surface area contributed by atoms with Crippen LogP contribution in [-0.2, 0) is 9.59 Å². The highest BCUT2D eigenvalue weighted by Gasteiger charge is 2.58. The van der Waals surface area contributed by atoms with Crippen molar-refractivity contribution in [2.45, 2.75) is 51.7 Å². The Morgan fingerprint density at radius 2 is 1.70 bits per heavy atom. The minimum Gasteiger partial charge on any atom is -0.331 e. The molecule has 1 fully saturated rings. The van der Waals surface area contributed by atoms with Gasteiger partial charge in [0.1, 0.15) is 11.2 Å². The number of carbonyl (C=O) groups excluding carboxylic acids is 2. The molecule has 0 radical (unpaired) electrons.